The zero-order valence-corrected chi connectivity index (χ0v) is 18.1. The van der Waals surface area contributed by atoms with E-state index in [9.17, 15) is 9.59 Å². The minimum Gasteiger partial charge on any atom is -0.492 e. The molecule has 1 fully saturated rings. The standard InChI is InChI=1S/C24H24N6O3/c31-22-10-9-20(27-30(22)16-17-33-19-6-2-1-3-7-19)24(32)28-14-11-18(12-15-28)23-26-25-21-8-4-5-13-29(21)23/h1-10,13,18H,11-12,14-17H2. The third kappa shape index (κ3) is 4.48. The average molecular weight is 444 g/mol. The van der Waals surface area contributed by atoms with Gasteiger partial charge in [0.2, 0.25) is 0 Å². The number of pyridine rings is 1. The first-order chi connectivity index (χ1) is 16.2. The van der Waals surface area contributed by atoms with E-state index in [0.717, 1.165) is 30.1 Å². The summed E-state index contributed by atoms with van der Waals surface area (Å²) in [4.78, 5) is 27.0. The van der Waals surface area contributed by atoms with Crippen LogP contribution in [-0.2, 0) is 6.54 Å². The van der Waals surface area contributed by atoms with Crippen LogP contribution in [0.1, 0.15) is 35.1 Å². The molecule has 4 aromatic rings. The van der Waals surface area contributed by atoms with Crippen molar-refractivity contribution in [3.63, 3.8) is 0 Å². The van der Waals surface area contributed by atoms with Crippen LogP contribution in [0, 0.1) is 0 Å². The maximum Gasteiger partial charge on any atom is 0.274 e. The maximum atomic E-state index is 13.0. The van der Waals surface area contributed by atoms with Gasteiger partial charge in [-0.05, 0) is 43.2 Å². The summed E-state index contributed by atoms with van der Waals surface area (Å²) in [7, 11) is 0. The molecule has 0 aliphatic carbocycles. The molecule has 5 rings (SSSR count). The number of likely N-dealkylation sites (tertiary alicyclic amines) is 1. The van der Waals surface area contributed by atoms with Gasteiger partial charge in [-0.1, -0.05) is 24.3 Å². The molecule has 9 heteroatoms. The van der Waals surface area contributed by atoms with Crippen LogP contribution in [0.4, 0.5) is 0 Å². The number of hydrogen-bond donors (Lipinski definition) is 0. The molecule has 1 aromatic carbocycles. The molecule has 0 radical (unpaired) electrons. The first-order valence-corrected chi connectivity index (χ1v) is 11.0. The van der Waals surface area contributed by atoms with Gasteiger partial charge in [0.05, 0.1) is 6.54 Å². The zero-order valence-electron chi connectivity index (χ0n) is 18.1. The molecule has 0 atom stereocenters. The molecule has 0 bridgehead atoms. The monoisotopic (exact) mass is 444 g/mol. The van der Waals surface area contributed by atoms with E-state index in [1.165, 1.54) is 16.8 Å². The Morgan fingerprint density at radius 3 is 2.58 bits per heavy atom. The van der Waals surface area contributed by atoms with Crippen molar-refractivity contribution >= 4 is 11.6 Å². The van der Waals surface area contributed by atoms with Gasteiger partial charge in [0, 0.05) is 31.3 Å². The van der Waals surface area contributed by atoms with Crippen molar-refractivity contribution in [1.29, 1.82) is 0 Å². The highest BCUT2D eigenvalue weighted by atomic mass is 16.5. The van der Waals surface area contributed by atoms with E-state index >= 15 is 0 Å². The van der Waals surface area contributed by atoms with Crippen LogP contribution in [0.3, 0.4) is 0 Å². The lowest BCUT2D eigenvalue weighted by atomic mass is 9.95. The number of hydrogen-bond acceptors (Lipinski definition) is 6. The SMILES string of the molecule is O=C(c1ccc(=O)n(CCOc2ccccc2)n1)N1CCC(c2nnc3ccccn23)CC1. The molecule has 3 aromatic heterocycles. The van der Waals surface area contributed by atoms with E-state index in [1.54, 1.807) is 4.90 Å². The smallest absolute Gasteiger partial charge is 0.274 e. The quantitative estimate of drug-likeness (QED) is 0.453. The highest BCUT2D eigenvalue weighted by molar-refractivity contribution is 5.92. The number of para-hydroxylation sites is 1. The molecule has 1 aliphatic heterocycles. The van der Waals surface area contributed by atoms with Crippen LogP contribution < -0.4 is 10.3 Å². The summed E-state index contributed by atoms with van der Waals surface area (Å²) in [6.07, 6.45) is 3.56. The van der Waals surface area contributed by atoms with Gasteiger partial charge < -0.3 is 9.64 Å². The fourth-order valence-electron chi connectivity index (χ4n) is 4.13. The maximum absolute atomic E-state index is 13.0. The Hall–Kier alpha value is -4.01. The molecule has 0 unspecified atom stereocenters. The minimum atomic E-state index is -0.263. The van der Waals surface area contributed by atoms with Crippen molar-refractivity contribution in [1.82, 2.24) is 29.3 Å². The van der Waals surface area contributed by atoms with Crippen LogP contribution in [0.5, 0.6) is 5.75 Å². The number of nitrogens with zero attached hydrogens (tertiary/aromatic N) is 6. The first kappa shape index (κ1) is 20.9. The third-order valence-electron chi connectivity index (χ3n) is 5.89. The molecule has 4 heterocycles. The van der Waals surface area contributed by atoms with E-state index in [0.29, 0.717) is 13.1 Å². The van der Waals surface area contributed by atoms with E-state index < -0.39 is 0 Å². The number of ether oxygens (including phenoxy) is 1. The van der Waals surface area contributed by atoms with Gasteiger partial charge >= 0.3 is 0 Å². The van der Waals surface area contributed by atoms with E-state index in [2.05, 4.69) is 15.3 Å². The minimum absolute atomic E-state index is 0.169. The number of piperidine rings is 1. The molecule has 0 saturated carbocycles. The second kappa shape index (κ2) is 9.23. The van der Waals surface area contributed by atoms with E-state index in [-0.39, 0.29) is 36.2 Å². The average Bonchev–Trinajstić information content (AvgIpc) is 3.30. The molecule has 1 saturated heterocycles. The number of carbonyl (C=O) groups is 1. The number of carbonyl (C=O) groups excluding carboxylic acids is 1. The van der Waals surface area contributed by atoms with Crippen molar-refractivity contribution in [2.75, 3.05) is 19.7 Å². The van der Waals surface area contributed by atoms with Gasteiger partial charge in [-0.15, -0.1) is 10.2 Å². The Balaban J connectivity index is 1.22. The Kier molecular flexibility index (Phi) is 5.84. The summed E-state index contributed by atoms with van der Waals surface area (Å²) in [6.45, 7) is 1.75. The molecule has 9 nitrogen and oxygen atoms in total. The fourth-order valence-corrected chi connectivity index (χ4v) is 4.13. The molecule has 0 spiro atoms. The summed E-state index contributed by atoms with van der Waals surface area (Å²) in [5.74, 6) is 1.73. The largest absolute Gasteiger partial charge is 0.492 e. The Labute approximate surface area is 190 Å². The van der Waals surface area contributed by atoms with E-state index in [4.69, 9.17) is 4.74 Å². The molecule has 0 N–H and O–H groups in total. The van der Waals surface area contributed by atoms with Gasteiger partial charge in [0.25, 0.3) is 11.5 Å². The normalized spacial score (nSPS) is 14.5. The first-order valence-electron chi connectivity index (χ1n) is 11.0. The second-order valence-corrected chi connectivity index (χ2v) is 7.99. The van der Waals surface area contributed by atoms with Crippen molar-refractivity contribution in [2.24, 2.45) is 0 Å². The van der Waals surface area contributed by atoms with Crippen molar-refractivity contribution < 1.29 is 9.53 Å². The fraction of sp³-hybridized carbons (Fsp3) is 0.292. The highest BCUT2D eigenvalue weighted by Gasteiger charge is 2.28. The van der Waals surface area contributed by atoms with Gasteiger partial charge in [-0.2, -0.15) is 5.10 Å². The van der Waals surface area contributed by atoms with Gasteiger partial charge in [-0.25, -0.2) is 4.68 Å². The van der Waals surface area contributed by atoms with Crippen molar-refractivity contribution in [2.45, 2.75) is 25.3 Å². The lowest BCUT2D eigenvalue weighted by molar-refractivity contribution is 0.0701. The highest BCUT2D eigenvalue weighted by Crippen LogP contribution is 2.27. The number of amides is 1. The van der Waals surface area contributed by atoms with Crippen LogP contribution in [0.2, 0.25) is 0 Å². The molecule has 168 valence electrons. The topological polar surface area (TPSA) is 94.6 Å². The summed E-state index contributed by atoms with van der Waals surface area (Å²) < 4.78 is 8.95. The number of benzene rings is 1. The van der Waals surface area contributed by atoms with Crippen LogP contribution in [0.15, 0.2) is 71.7 Å². The number of fused-ring (bicyclic) bond motifs is 1. The van der Waals surface area contributed by atoms with Gasteiger partial charge in [-0.3, -0.25) is 14.0 Å². The van der Waals surface area contributed by atoms with E-state index in [1.807, 2.05) is 59.1 Å². The molecular formula is C24H24N6O3. The molecule has 1 aliphatic rings. The summed E-state index contributed by atoms with van der Waals surface area (Å²) in [5.41, 5.74) is 0.829. The van der Waals surface area contributed by atoms with Gasteiger partial charge in [0.15, 0.2) is 5.65 Å². The second-order valence-electron chi connectivity index (χ2n) is 7.99. The van der Waals surface area contributed by atoms with Crippen LogP contribution >= 0.6 is 0 Å². The Bertz CT molecular complexity index is 1310. The molecule has 1 amide bonds. The van der Waals surface area contributed by atoms with Gasteiger partial charge in [0.1, 0.15) is 23.9 Å². The predicted octanol–water partition coefficient (Wildman–Crippen LogP) is 2.38. The number of rotatable bonds is 6. The summed E-state index contributed by atoms with van der Waals surface area (Å²) >= 11 is 0. The lowest BCUT2D eigenvalue weighted by Gasteiger charge is -2.31. The summed E-state index contributed by atoms with van der Waals surface area (Å²) in [6, 6.07) is 18.1. The van der Waals surface area contributed by atoms with Crippen LogP contribution in [0.25, 0.3) is 5.65 Å². The summed E-state index contributed by atoms with van der Waals surface area (Å²) in [5, 5.41) is 12.9. The van der Waals surface area contributed by atoms with Crippen molar-refractivity contribution in [3.8, 4) is 5.75 Å². The van der Waals surface area contributed by atoms with Crippen molar-refractivity contribution in [3.05, 3.63) is 88.7 Å². The molecular weight excluding hydrogens is 420 g/mol. The molecule has 33 heavy (non-hydrogen) atoms. The number of aromatic nitrogens is 5. The van der Waals surface area contributed by atoms with Crippen LogP contribution in [-0.4, -0.2) is 54.9 Å². The Morgan fingerprint density at radius 1 is 0.970 bits per heavy atom. The zero-order chi connectivity index (χ0) is 22.6. The predicted molar refractivity (Wildman–Crippen MR) is 121 cm³/mol. The third-order valence-corrected chi connectivity index (χ3v) is 5.89. The lowest BCUT2D eigenvalue weighted by Crippen LogP contribution is -2.39. The Morgan fingerprint density at radius 2 is 1.76 bits per heavy atom.